The second kappa shape index (κ2) is 10.7. The normalized spacial score (nSPS) is 16.5. The van der Waals surface area contributed by atoms with Crippen LogP contribution in [0.4, 0.5) is 0 Å². The molecule has 2 aromatic carbocycles. The number of rotatable bonds is 8. The smallest absolute Gasteiger partial charge is 0.251 e. The average molecular weight is 448 g/mol. The molecule has 1 N–H and O–H groups in total. The molecule has 1 fully saturated rings. The van der Waals surface area contributed by atoms with Crippen LogP contribution >= 0.6 is 0 Å². The van der Waals surface area contributed by atoms with E-state index in [0.29, 0.717) is 30.6 Å². The average Bonchev–Trinajstić information content (AvgIpc) is 3.20. The molecule has 0 spiro atoms. The van der Waals surface area contributed by atoms with Gasteiger partial charge in [-0.1, -0.05) is 24.1 Å². The third-order valence-electron chi connectivity index (χ3n) is 6.31. The standard InChI is InChI=1S/C27H33N3O3/c1-19-7-13-24(14-8-19)32-18-25-21(3)33-27(29-25)23-11-9-22(10-12-23)26(31)28-15-17-30-16-5-4-6-20(30)2/h7-14,20H,4-6,15-18H2,1-3H3,(H,28,31). The number of carbonyl (C=O) groups is 1. The van der Waals surface area contributed by atoms with Gasteiger partial charge < -0.3 is 14.5 Å². The molecule has 6 nitrogen and oxygen atoms in total. The van der Waals surface area contributed by atoms with Crippen molar-refractivity contribution >= 4 is 5.91 Å². The topological polar surface area (TPSA) is 67.6 Å². The fraction of sp³-hybridized carbons (Fsp3) is 0.407. The van der Waals surface area contributed by atoms with Crippen molar-refractivity contribution in [2.24, 2.45) is 0 Å². The maximum Gasteiger partial charge on any atom is 0.251 e. The Morgan fingerprint density at radius 2 is 1.88 bits per heavy atom. The lowest BCUT2D eigenvalue weighted by molar-refractivity contribution is 0.0938. The molecule has 0 bridgehead atoms. The van der Waals surface area contributed by atoms with Gasteiger partial charge in [0.25, 0.3) is 5.91 Å². The minimum Gasteiger partial charge on any atom is -0.487 e. The number of benzene rings is 2. The third-order valence-corrected chi connectivity index (χ3v) is 6.31. The first kappa shape index (κ1) is 23.1. The molecule has 1 aliphatic rings. The molecule has 1 atom stereocenters. The van der Waals surface area contributed by atoms with Crippen LogP contribution in [-0.4, -0.2) is 41.5 Å². The van der Waals surface area contributed by atoms with Gasteiger partial charge in [0.15, 0.2) is 0 Å². The van der Waals surface area contributed by atoms with E-state index < -0.39 is 0 Å². The lowest BCUT2D eigenvalue weighted by Gasteiger charge is -2.33. The Bertz CT molecular complexity index is 1060. The van der Waals surface area contributed by atoms with Crippen LogP contribution < -0.4 is 10.1 Å². The number of aryl methyl sites for hydroxylation is 2. The summed E-state index contributed by atoms with van der Waals surface area (Å²) in [5.41, 5.74) is 3.42. The minimum absolute atomic E-state index is 0.0537. The molecule has 1 aromatic heterocycles. The minimum atomic E-state index is -0.0537. The molecular formula is C27H33N3O3. The molecule has 1 saturated heterocycles. The molecule has 6 heteroatoms. The summed E-state index contributed by atoms with van der Waals surface area (Å²) in [6.07, 6.45) is 3.80. The SMILES string of the molecule is Cc1ccc(OCc2nc(-c3ccc(C(=O)NCCN4CCCCC4C)cc3)oc2C)cc1. The van der Waals surface area contributed by atoms with Gasteiger partial charge in [-0.15, -0.1) is 0 Å². The van der Waals surface area contributed by atoms with Gasteiger partial charge in [0, 0.05) is 30.3 Å². The van der Waals surface area contributed by atoms with E-state index in [1.807, 2.05) is 62.4 Å². The molecular weight excluding hydrogens is 414 g/mol. The summed E-state index contributed by atoms with van der Waals surface area (Å²) in [6.45, 7) is 9.22. The number of hydrogen-bond donors (Lipinski definition) is 1. The number of ether oxygens (including phenoxy) is 1. The first-order valence-electron chi connectivity index (χ1n) is 11.8. The van der Waals surface area contributed by atoms with Crippen LogP contribution in [0, 0.1) is 13.8 Å². The fourth-order valence-electron chi connectivity index (χ4n) is 4.14. The van der Waals surface area contributed by atoms with E-state index in [9.17, 15) is 4.79 Å². The Balaban J connectivity index is 1.31. The van der Waals surface area contributed by atoms with Crippen molar-refractivity contribution in [3.05, 3.63) is 71.1 Å². The largest absolute Gasteiger partial charge is 0.487 e. The maximum absolute atomic E-state index is 12.5. The van der Waals surface area contributed by atoms with Crippen molar-refractivity contribution in [3.63, 3.8) is 0 Å². The highest BCUT2D eigenvalue weighted by atomic mass is 16.5. The summed E-state index contributed by atoms with van der Waals surface area (Å²) < 4.78 is 11.7. The molecule has 1 unspecified atom stereocenters. The van der Waals surface area contributed by atoms with Crippen molar-refractivity contribution in [1.29, 1.82) is 0 Å². The highest BCUT2D eigenvalue weighted by molar-refractivity contribution is 5.94. The zero-order valence-corrected chi connectivity index (χ0v) is 19.8. The second-order valence-corrected chi connectivity index (χ2v) is 8.84. The second-order valence-electron chi connectivity index (χ2n) is 8.84. The first-order chi connectivity index (χ1) is 16.0. The highest BCUT2D eigenvalue weighted by Crippen LogP contribution is 2.23. The van der Waals surface area contributed by atoms with E-state index in [1.165, 1.54) is 24.8 Å². The molecule has 4 rings (SSSR count). The van der Waals surface area contributed by atoms with Gasteiger partial charge in [-0.05, 0) is 76.6 Å². The zero-order valence-electron chi connectivity index (χ0n) is 19.8. The van der Waals surface area contributed by atoms with Gasteiger partial charge in [0.05, 0.1) is 0 Å². The Morgan fingerprint density at radius 3 is 2.61 bits per heavy atom. The molecule has 0 saturated carbocycles. The number of likely N-dealkylation sites (tertiary alicyclic amines) is 1. The van der Waals surface area contributed by atoms with Gasteiger partial charge in [-0.2, -0.15) is 0 Å². The van der Waals surface area contributed by atoms with Crippen LogP contribution in [0.25, 0.3) is 11.5 Å². The Kier molecular flexibility index (Phi) is 7.45. The molecule has 0 aliphatic carbocycles. The summed E-state index contributed by atoms with van der Waals surface area (Å²) in [7, 11) is 0. The predicted octanol–water partition coefficient (Wildman–Crippen LogP) is 5.14. The highest BCUT2D eigenvalue weighted by Gasteiger charge is 2.18. The Hall–Kier alpha value is -3.12. The first-order valence-corrected chi connectivity index (χ1v) is 11.8. The van der Waals surface area contributed by atoms with Gasteiger partial charge in [0.1, 0.15) is 23.8 Å². The summed E-state index contributed by atoms with van der Waals surface area (Å²) in [5, 5.41) is 3.04. The van der Waals surface area contributed by atoms with Crippen molar-refractivity contribution in [2.45, 2.75) is 52.7 Å². The van der Waals surface area contributed by atoms with Crippen LogP contribution in [0.1, 0.15) is 53.6 Å². The number of amides is 1. The predicted molar refractivity (Wildman–Crippen MR) is 129 cm³/mol. The molecule has 1 aliphatic heterocycles. The summed E-state index contributed by atoms with van der Waals surface area (Å²) >= 11 is 0. The van der Waals surface area contributed by atoms with E-state index in [0.717, 1.165) is 35.9 Å². The van der Waals surface area contributed by atoms with Gasteiger partial charge in [-0.25, -0.2) is 4.98 Å². The lowest BCUT2D eigenvalue weighted by Crippen LogP contribution is -2.42. The van der Waals surface area contributed by atoms with Crippen molar-refractivity contribution < 1.29 is 13.9 Å². The lowest BCUT2D eigenvalue weighted by atomic mass is 10.0. The van der Waals surface area contributed by atoms with Gasteiger partial charge in [0.2, 0.25) is 5.89 Å². The number of piperidine rings is 1. The quantitative estimate of drug-likeness (QED) is 0.518. The summed E-state index contributed by atoms with van der Waals surface area (Å²) in [5.74, 6) is 2.00. The van der Waals surface area contributed by atoms with Crippen LogP contribution in [0.15, 0.2) is 52.9 Å². The van der Waals surface area contributed by atoms with E-state index in [4.69, 9.17) is 9.15 Å². The summed E-state index contributed by atoms with van der Waals surface area (Å²) in [6, 6.07) is 15.9. The van der Waals surface area contributed by atoms with Crippen LogP contribution in [0.5, 0.6) is 5.75 Å². The van der Waals surface area contributed by atoms with Gasteiger partial charge >= 0.3 is 0 Å². The van der Waals surface area contributed by atoms with Crippen molar-refractivity contribution in [2.75, 3.05) is 19.6 Å². The number of nitrogens with one attached hydrogen (secondary N) is 1. The van der Waals surface area contributed by atoms with Crippen LogP contribution in [0.2, 0.25) is 0 Å². The number of aromatic nitrogens is 1. The molecule has 1 amide bonds. The van der Waals surface area contributed by atoms with Crippen molar-refractivity contribution in [1.82, 2.24) is 15.2 Å². The number of nitrogens with zero attached hydrogens (tertiary/aromatic N) is 2. The fourth-order valence-corrected chi connectivity index (χ4v) is 4.14. The summed E-state index contributed by atoms with van der Waals surface area (Å²) in [4.78, 5) is 19.6. The zero-order chi connectivity index (χ0) is 23.2. The Morgan fingerprint density at radius 1 is 1.12 bits per heavy atom. The van der Waals surface area contributed by atoms with E-state index in [-0.39, 0.29) is 5.91 Å². The third kappa shape index (κ3) is 6.02. The van der Waals surface area contributed by atoms with Gasteiger partial charge in [-0.3, -0.25) is 9.69 Å². The maximum atomic E-state index is 12.5. The van der Waals surface area contributed by atoms with Crippen LogP contribution in [-0.2, 0) is 6.61 Å². The molecule has 0 radical (unpaired) electrons. The van der Waals surface area contributed by atoms with E-state index in [2.05, 4.69) is 22.1 Å². The van der Waals surface area contributed by atoms with Crippen LogP contribution in [0.3, 0.4) is 0 Å². The molecule has 33 heavy (non-hydrogen) atoms. The number of oxazole rings is 1. The Labute approximate surface area is 196 Å². The van der Waals surface area contributed by atoms with Crippen molar-refractivity contribution in [3.8, 4) is 17.2 Å². The number of hydrogen-bond acceptors (Lipinski definition) is 5. The van der Waals surface area contributed by atoms with E-state index in [1.54, 1.807) is 0 Å². The molecule has 2 heterocycles. The molecule has 174 valence electrons. The monoisotopic (exact) mass is 447 g/mol. The molecule has 3 aromatic rings. The van der Waals surface area contributed by atoms with E-state index >= 15 is 0 Å². The number of carbonyl (C=O) groups excluding carboxylic acids is 1.